The quantitative estimate of drug-likeness (QED) is 0.887. The number of piperidine rings is 1. The standard InChI is InChI=1S/C17H21N3O4S/c1-24-15-4-3-12-9-13(11-18-16(12)10-15)17(21)19-14-5-7-20(8-6-14)25(2,22)23/h3-4,9-11,14H,5-8H2,1-2H3,(H,19,21). The van der Waals surface area contributed by atoms with Crippen LogP contribution in [0.25, 0.3) is 10.9 Å². The van der Waals surface area contributed by atoms with Gasteiger partial charge in [-0.2, -0.15) is 0 Å². The Morgan fingerprint density at radius 1 is 1.28 bits per heavy atom. The molecule has 1 amide bonds. The van der Waals surface area contributed by atoms with Crippen molar-refractivity contribution < 1.29 is 17.9 Å². The second kappa shape index (κ2) is 6.97. The van der Waals surface area contributed by atoms with E-state index >= 15 is 0 Å². The number of ether oxygens (including phenoxy) is 1. The van der Waals surface area contributed by atoms with Gasteiger partial charge in [-0.15, -0.1) is 0 Å². The molecule has 0 spiro atoms. The molecular formula is C17H21N3O4S. The van der Waals surface area contributed by atoms with Crippen molar-refractivity contribution in [3.05, 3.63) is 36.0 Å². The zero-order chi connectivity index (χ0) is 18.0. The number of fused-ring (bicyclic) bond motifs is 1. The first-order chi connectivity index (χ1) is 11.9. The van der Waals surface area contributed by atoms with Crippen molar-refractivity contribution in [3.63, 3.8) is 0 Å². The molecule has 1 aromatic carbocycles. The van der Waals surface area contributed by atoms with Crippen molar-refractivity contribution in [1.82, 2.24) is 14.6 Å². The summed E-state index contributed by atoms with van der Waals surface area (Å²) in [5.74, 6) is 0.526. The number of benzene rings is 1. The predicted molar refractivity (Wildman–Crippen MR) is 95.2 cm³/mol. The number of aromatic nitrogens is 1. The molecule has 8 heteroatoms. The van der Waals surface area contributed by atoms with Crippen LogP contribution < -0.4 is 10.1 Å². The van der Waals surface area contributed by atoms with Crippen LogP contribution in [0.3, 0.4) is 0 Å². The molecule has 25 heavy (non-hydrogen) atoms. The topological polar surface area (TPSA) is 88.6 Å². The first kappa shape index (κ1) is 17.6. The van der Waals surface area contributed by atoms with E-state index in [0.717, 1.165) is 16.7 Å². The maximum Gasteiger partial charge on any atom is 0.253 e. The normalized spacial score (nSPS) is 16.7. The maximum atomic E-state index is 12.5. The molecule has 134 valence electrons. The smallest absolute Gasteiger partial charge is 0.253 e. The van der Waals surface area contributed by atoms with Gasteiger partial charge in [-0.05, 0) is 31.0 Å². The molecule has 0 unspecified atom stereocenters. The average Bonchev–Trinajstić information content (AvgIpc) is 2.60. The Hall–Kier alpha value is -2.19. The second-order valence-corrected chi connectivity index (χ2v) is 8.17. The van der Waals surface area contributed by atoms with E-state index in [1.165, 1.54) is 10.6 Å². The van der Waals surface area contributed by atoms with Gasteiger partial charge in [-0.3, -0.25) is 9.78 Å². The highest BCUT2D eigenvalue weighted by Crippen LogP contribution is 2.20. The Morgan fingerprint density at radius 3 is 2.64 bits per heavy atom. The average molecular weight is 363 g/mol. The van der Waals surface area contributed by atoms with Crippen LogP contribution >= 0.6 is 0 Å². The van der Waals surface area contributed by atoms with E-state index in [1.54, 1.807) is 19.4 Å². The fraction of sp³-hybridized carbons (Fsp3) is 0.412. The number of carbonyl (C=O) groups is 1. The van der Waals surface area contributed by atoms with E-state index in [9.17, 15) is 13.2 Å². The minimum Gasteiger partial charge on any atom is -0.497 e. The first-order valence-electron chi connectivity index (χ1n) is 8.06. The van der Waals surface area contributed by atoms with Crippen LogP contribution in [0.1, 0.15) is 23.2 Å². The molecule has 1 aliphatic heterocycles. The number of rotatable bonds is 4. The maximum absolute atomic E-state index is 12.5. The van der Waals surface area contributed by atoms with E-state index in [1.807, 2.05) is 18.2 Å². The Balaban J connectivity index is 1.67. The number of nitrogens with one attached hydrogen (secondary N) is 1. The van der Waals surface area contributed by atoms with E-state index in [-0.39, 0.29) is 11.9 Å². The summed E-state index contributed by atoms with van der Waals surface area (Å²) in [4.78, 5) is 16.8. The lowest BCUT2D eigenvalue weighted by Gasteiger charge is -2.30. The van der Waals surface area contributed by atoms with Gasteiger partial charge in [0.25, 0.3) is 5.91 Å². The van der Waals surface area contributed by atoms with Gasteiger partial charge in [0.05, 0.1) is 24.4 Å². The lowest BCUT2D eigenvalue weighted by molar-refractivity contribution is 0.0923. The summed E-state index contributed by atoms with van der Waals surface area (Å²) in [6.07, 6.45) is 3.97. The largest absolute Gasteiger partial charge is 0.497 e. The molecule has 1 aliphatic rings. The van der Waals surface area contributed by atoms with Crippen molar-refractivity contribution in [1.29, 1.82) is 0 Å². The molecule has 1 saturated heterocycles. The van der Waals surface area contributed by atoms with E-state index in [0.29, 0.717) is 31.5 Å². The zero-order valence-electron chi connectivity index (χ0n) is 14.2. The number of methoxy groups -OCH3 is 1. The first-order valence-corrected chi connectivity index (χ1v) is 9.91. The number of pyridine rings is 1. The molecular weight excluding hydrogens is 342 g/mol. The monoisotopic (exact) mass is 363 g/mol. The Labute approximate surface area is 147 Å². The molecule has 0 bridgehead atoms. The van der Waals surface area contributed by atoms with Gasteiger partial charge in [0.15, 0.2) is 0 Å². The molecule has 3 rings (SSSR count). The highest BCUT2D eigenvalue weighted by atomic mass is 32.2. The van der Waals surface area contributed by atoms with Gasteiger partial charge in [0, 0.05) is 36.8 Å². The van der Waals surface area contributed by atoms with Crippen LogP contribution in [0.15, 0.2) is 30.5 Å². The van der Waals surface area contributed by atoms with E-state index in [2.05, 4.69) is 10.3 Å². The number of hydrogen-bond donors (Lipinski definition) is 1. The van der Waals surface area contributed by atoms with Crippen LogP contribution in [-0.4, -0.2) is 56.1 Å². The summed E-state index contributed by atoms with van der Waals surface area (Å²) >= 11 is 0. The van der Waals surface area contributed by atoms with Gasteiger partial charge < -0.3 is 10.1 Å². The van der Waals surface area contributed by atoms with Crippen LogP contribution in [0.5, 0.6) is 5.75 Å². The van der Waals surface area contributed by atoms with Crippen LogP contribution in [0, 0.1) is 0 Å². The Bertz CT molecular complexity index is 890. The van der Waals surface area contributed by atoms with Crippen LogP contribution in [-0.2, 0) is 10.0 Å². The molecule has 0 aliphatic carbocycles. The van der Waals surface area contributed by atoms with Gasteiger partial charge in [-0.1, -0.05) is 0 Å². The highest BCUT2D eigenvalue weighted by Gasteiger charge is 2.26. The summed E-state index contributed by atoms with van der Waals surface area (Å²) < 4.78 is 29.7. The predicted octanol–water partition coefficient (Wildman–Crippen LogP) is 1.40. The van der Waals surface area contributed by atoms with Crippen molar-refractivity contribution in [2.45, 2.75) is 18.9 Å². The number of nitrogens with zero attached hydrogens (tertiary/aromatic N) is 2. The van der Waals surface area contributed by atoms with Crippen molar-refractivity contribution in [3.8, 4) is 5.75 Å². The second-order valence-electron chi connectivity index (χ2n) is 6.19. The number of amides is 1. The molecule has 0 radical (unpaired) electrons. The van der Waals surface area contributed by atoms with Crippen molar-refractivity contribution in [2.24, 2.45) is 0 Å². The third-order valence-corrected chi connectivity index (χ3v) is 5.71. The molecule has 2 heterocycles. The van der Waals surface area contributed by atoms with Crippen LogP contribution in [0.4, 0.5) is 0 Å². The molecule has 1 N–H and O–H groups in total. The minimum absolute atomic E-state index is 0.0305. The number of carbonyl (C=O) groups excluding carboxylic acids is 1. The third kappa shape index (κ3) is 4.08. The van der Waals surface area contributed by atoms with Crippen molar-refractivity contribution in [2.75, 3.05) is 26.5 Å². The zero-order valence-corrected chi connectivity index (χ0v) is 15.0. The summed E-state index contributed by atoms with van der Waals surface area (Å²) in [5.41, 5.74) is 1.25. The number of sulfonamides is 1. The summed E-state index contributed by atoms with van der Waals surface area (Å²) in [6.45, 7) is 0.860. The summed E-state index contributed by atoms with van der Waals surface area (Å²) in [6, 6.07) is 7.27. The SMILES string of the molecule is COc1ccc2cc(C(=O)NC3CCN(S(C)(=O)=O)CC3)cnc2c1. The molecule has 0 atom stereocenters. The minimum atomic E-state index is -3.16. The van der Waals surface area contributed by atoms with Gasteiger partial charge >= 0.3 is 0 Å². The van der Waals surface area contributed by atoms with Crippen molar-refractivity contribution >= 4 is 26.8 Å². The molecule has 0 saturated carbocycles. The molecule has 7 nitrogen and oxygen atoms in total. The molecule has 2 aromatic rings. The Morgan fingerprint density at radius 2 is 2.00 bits per heavy atom. The van der Waals surface area contributed by atoms with Gasteiger partial charge in [0.2, 0.25) is 10.0 Å². The fourth-order valence-corrected chi connectivity index (χ4v) is 3.83. The highest BCUT2D eigenvalue weighted by molar-refractivity contribution is 7.88. The van der Waals surface area contributed by atoms with Gasteiger partial charge in [-0.25, -0.2) is 12.7 Å². The lowest BCUT2D eigenvalue weighted by Crippen LogP contribution is -2.46. The number of hydrogen-bond acceptors (Lipinski definition) is 5. The molecule has 1 fully saturated rings. The van der Waals surface area contributed by atoms with Gasteiger partial charge in [0.1, 0.15) is 5.75 Å². The lowest BCUT2D eigenvalue weighted by atomic mass is 10.1. The Kier molecular flexibility index (Phi) is 4.91. The summed E-state index contributed by atoms with van der Waals surface area (Å²) in [7, 11) is -1.56. The van der Waals surface area contributed by atoms with E-state index in [4.69, 9.17) is 4.74 Å². The molecule has 1 aromatic heterocycles. The van der Waals surface area contributed by atoms with E-state index < -0.39 is 10.0 Å². The van der Waals surface area contributed by atoms with Crippen LogP contribution in [0.2, 0.25) is 0 Å². The third-order valence-electron chi connectivity index (χ3n) is 4.41. The fourth-order valence-electron chi connectivity index (χ4n) is 2.95. The summed E-state index contributed by atoms with van der Waals surface area (Å²) in [5, 5.41) is 3.83.